The fourth-order valence-corrected chi connectivity index (χ4v) is 1.88. The van der Waals surface area contributed by atoms with Gasteiger partial charge in [-0.15, -0.1) is 0 Å². The van der Waals surface area contributed by atoms with Crippen molar-refractivity contribution < 1.29 is 0 Å². The molecule has 0 saturated carbocycles. The number of rotatable bonds is 2. The van der Waals surface area contributed by atoms with Crippen LogP contribution in [-0.2, 0) is 0 Å². The normalized spacial score (nSPS) is 28.3. The van der Waals surface area contributed by atoms with E-state index in [1.807, 2.05) is 0 Å². The van der Waals surface area contributed by atoms with Crippen molar-refractivity contribution in [2.45, 2.75) is 25.7 Å². The molecule has 0 amide bonds. The van der Waals surface area contributed by atoms with Crippen LogP contribution in [-0.4, -0.2) is 18.9 Å². The van der Waals surface area contributed by atoms with Crippen LogP contribution >= 0.6 is 0 Å². The Balaban J connectivity index is 1.85. The molecule has 1 aliphatic carbocycles. The van der Waals surface area contributed by atoms with E-state index in [4.69, 9.17) is 0 Å². The number of allylic oxidation sites excluding steroid dienone is 2. The minimum Gasteiger partial charge on any atom is -0.372 e. The second kappa shape index (κ2) is 3.74. The van der Waals surface area contributed by atoms with Crippen LogP contribution in [0.3, 0.4) is 0 Å². The molecule has 2 heteroatoms. The Morgan fingerprint density at radius 2 is 2.58 bits per heavy atom. The number of nitrogens with one attached hydrogen (secondary N) is 1. The largest absolute Gasteiger partial charge is 0.372 e. The van der Waals surface area contributed by atoms with Gasteiger partial charge in [-0.25, -0.2) is 0 Å². The molecule has 0 bridgehead atoms. The summed E-state index contributed by atoms with van der Waals surface area (Å²) in [5.74, 6) is 1.98. The topological polar surface area (TPSA) is 24.4 Å². The molecule has 2 rings (SSSR count). The van der Waals surface area contributed by atoms with Gasteiger partial charge in [0.05, 0.1) is 12.4 Å². The van der Waals surface area contributed by atoms with Gasteiger partial charge in [-0.2, -0.15) is 0 Å². The van der Waals surface area contributed by atoms with Crippen LogP contribution in [0.5, 0.6) is 0 Å². The molecular formula is C10H16N2. The molecule has 0 aromatic heterocycles. The summed E-state index contributed by atoms with van der Waals surface area (Å²) in [7, 11) is 0. The number of hydrogen-bond acceptors (Lipinski definition) is 2. The first-order chi connectivity index (χ1) is 5.95. The van der Waals surface area contributed by atoms with Crippen LogP contribution in [0.15, 0.2) is 17.1 Å². The fourth-order valence-electron chi connectivity index (χ4n) is 1.88. The van der Waals surface area contributed by atoms with Crippen LogP contribution < -0.4 is 5.32 Å². The molecule has 1 aliphatic heterocycles. The molecule has 1 N–H and O–H groups in total. The van der Waals surface area contributed by atoms with Crippen molar-refractivity contribution in [2.75, 3.05) is 13.1 Å². The molecule has 2 nitrogen and oxygen atoms in total. The van der Waals surface area contributed by atoms with Gasteiger partial charge in [0, 0.05) is 13.0 Å². The highest BCUT2D eigenvalue weighted by atomic mass is 15.1. The van der Waals surface area contributed by atoms with Crippen LogP contribution in [0.2, 0.25) is 0 Å². The van der Waals surface area contributed by atoms with Gasteiger partial charge in [0.1, 0.15) is 0 Å². The Morgan fingerprint density at radius 1 is 1.58 bits per heavy atom. The first kappa shape index (κ1) is 7.84. The van der Waals surface area contributed by atoms with Crippen molar-refractivity contribution in [3.05, 3.63) is 12.2 Å². The third kappa shape index (κ3) is 1.87. The van der Waals surface area contributed by atoms with Crippen LogP contribution in [0.25, 0.3) is 0 Å². The van der Waals surface area contributed by atoms with E-state index in [1.165, 1.54) is 25.1 Å². The fraction of sp³-hybridized carbons (Fsp3) is 0.700. The van der Waals surface area contributed by atoms with Crippen molar-refractivity contribution in [1.29, 1.82) is 0 Å². The summed E-state index contributed by atoms with van der Waals surface area (Å²) in [4.78, 5) is 4.40. The third-order valence-electron chi connectivity index (χ3n) is 2.55. The average molecular weight is 164 g/mol. The van der Waals surface area contributed by atoms with Crippen molar-refractivity contribution in [3.63, 3.8) is 0 Å². The van der Waals surface area contributed by atoms with Crippen molar-refractivity contribution in [3.8, 4) is 0 Å². The van der Waals surface area contributed by atoms with Crippen molar-refractivity contribution >= 4 is 5.84 Å². The molecule has 1 heterocycles. The molecule has 0 radical (unpaired) electrons. The zero-order chi connectivity index (χ0) is 8.23. The van der Waals surface area contributed by atoms with Crippen LogP contribution in [0.4, 0.5) is 0 Å². The number of aliphatic imine (C=N–C) groups is 1. The Morgan fingerprint density at radius 3 is 3.25 bits per heavy atom. The van der Waals surface area contributed by atoms with Crippen molar-refractivity contribution in [1.82, 2.24) is 5.32 Å². The number of nitrogens with zero attached hydrogens (tertiary/aromatic N) is 1. The SMILES string of the molecule is C1=CC(CC2=NCCN2)CCC1. The van der Waals surface area contributed by atoms with Crippen LogP contribution in [0.1, 0.15) is 25.7 Å². The van der Waals surface area contributed by atoms with E-state index in [-0.39, 0.29) is 0 Å². The molecule has 2 aliphatic rings. The smallest absolute Gasteiger partial charge is 0.0970 e. The van der Waals surface area contributed by atoms with E-state index in [2.05, 4.69) is 22.5 Å². The van der Waals surface area contributed by atoms with E-state index < -0.39 is 0 Å². The summed E-state index contributed by atoms with van der Waals surface area (Å²) >= 11 is 0. The standard InChI is InChI=1S/C10H16N2/c1-2-4-9(5-3-1)8-10-11-6-7-12-10/h2,4,9H,1,3,5-8H2,(H,11,12). The highest BCUT2D eigenvalue weighted by Gasteiger charge is 2.13. The molecule has 0 saturated heterocycles. The summed E-state index contributed by atoms with van der Waals surface area (Å²) in [6, 6.07) is 0. The monoisotopic (exact) mass is 164 g/mol. The van der Waals surface area contributed by atoms with Gasteiger partial charge in [-0.1, -0.05) is 12.2 Å². The van der Waals surface area contributed by atoms with E-state index >= 15 is 0 Å². The molecule has 1 unspecified atom stereocenters. The molecule has 1 atom stereocenters. The maximum Gasteiger partial charge on any atom is 0.0970 e. The predicted molar refractivity (Wildman–Crippen MR) is 51.4 cm³/mol. The predicted octanol–water partition coefficient (Wildman–Crippen LogP) is 1.73. The molecule has 66 valence electrons. The lowest BCUT2D eigenvalue weighted by Gasteiger charge is -2.15. The summed E-state index contributed by atoms with van der Waals surface area (Å²) in [5.41, 5.74) is 0. The summed E-state index contributed by atoms with van der Waals surface area (Å²) in [6.45, 7) is 2.03. The molecule has 0 aromatic carbocycles. The van der Waals surface area contributed by atoms with E-state index in [1.54, 1.807) is 0 Å². The van der Waals surface area contributed by atoms with Gasteiger partial charge in [-0.3, -0.25) is 4.99 Å². The van der Waals surface area contributed by atoms with Gasteiger partial charge in [-0.05, 0) is 25.2 Å². The van der Waals surface area contributed by atoms with Gasteiger partial charge in [0.25, 0.3) is 0 Å². The Hall–Kier alpha value is -0.790. The maximum atomic E-state index is 4.40. The Kier molecular flexibility index (Phi) is 2.45. The van der Waals surface area contributed by atoms with Gasteiger partial charge < -0.3 is 5.32 Å². The molecule has 12 heavy (non-hydrogen) atoms. The molecule has 0 fully saturated rings. The molecule has 0 aromatic rings. The van der Waals surface area contributed by atoms with Gasteiger partial charge in [0.2, 0.25) is 0 Å². The van der Waals surface area contributed by atoms with Crippen molar-refractivity contribution in [2.24, 2.45) is 10.9 Å². The Labute approximate surface area is 73.8 Å². The number of amidine groups is 1. The highest BCUT2D eigenvalue weighted by Crippen LogP contribution is 2.20. The quantitative estimate of drug-likeness (QED) is 0.618. The van der Waals surface area contributed by atoms with Gasteiger partial charge in [0.15, 0.2) is 0 Å². The maximum absolute atomic E-state index is 4.40. The highest BCUT2D eigenvalue weighted by molar-refractivity contribution is 5.83. The van der Waals surface area contributed by atoms with Gasteiger partial charge >= 0.3 is 0 Å². The van der Waals surface area contributed by atoms with E-state index in [0.717, 1.165) is 25.4 Å². The number of hydrogen-bond donors (Lipinski definition) is 1. The second-order valence-electron chi connectivity index (χ2n) is 3.58. The first-order valence-corrected chi connectivity index (χ1v) is 4.89. The first-order valence-electron chi connectivity index (χ1n) is 4.89. The third-order valence-corrected chi connectivity index (χ3v) is 2.55. The average Bonchev–Trinajstić information content (AvgIpc) is 2.59. The van der Waals surface area contributed by atoms with Crippen LogP contribution in [0, 0.1) is 5.92 Å². The lowest BCUT2D eigenvalue weighted by atomic mass is 9.93. The minimum atomic E-state index is 0.753. The molecule has 0 spiro atoms. The lowest BCUT2D eigenvalue weighted by Crippen LogP contribution is -2.21. The lowest BCUT2D eigenvalue weighted by molar-refractivity contribution is 0.554. The minimum absolute atomic E-state index is 0.753. The second-order valence-corrected chi connectivity index (χ2v) is 3.58. The summed E-state index contributed by atoms with van der Waals surface area (Å²) < 4.78 is 0. The van der Waals surface area contributed by atoms with E-state index in [0.29, 0.717) is 0 Å². The zero-order valence-corrected chi connectivity index (χ0v) is 7.42. The zero-order valence-electron chi connectivity index (χ0n) is 7.42. The summed E-state index contributed by atoms with van der Waals surface area (Å²) in [6.07, 6.45) is 9.77. The molecular weight excluding hydrogens is 148 g/mol. The van der Waals surface area contributed by atoms with E-state index in [9.17, 15) is 0 Å². The Bertz CT molecular complexity index is 206. The summed E-state index contributed by atoms with van der Waals surface area (Å²) in [5, 5.41) is 3.32.